The average Bonchev–Trinajstić information content (AvgIpc) is 2.49. The van der Waals surface area contributed by atoms with E-state index in [4.69, 9.17) is 4.74 Å². The predicted octanol–water partition coefficient (Wildman–Crippen LogP) is 4.74. The van der Waals surface area contributed by atoms with Gasteiger partial charge in [-0.15, -0.1) is 0 Å². The van der Waals surface area contributed by atoms with E-state index in [9.17, 15) is 20.2 Å². The molecule has 0 heterocycles. The van der Waals surface area contributed by atoms with Crippen LogP contribution in [0.1, 0.15) is 11.1 Å². The molecule has 23 heavy (non-hydrogen) atoms. The fraction of sp³-hybridized carbons (Fsp3) is 0.143. The Bertz CT molecular complexity index is 703. The molecular weight excluding hydrogens is 436 g/mol. The Morgan fingerprint density at radius 3 is 1.57 bits per heavy atom. The number of rotatable bonds is 6. The van der Waals surface area contributed by atoms with Crippen molar-refractivity contribution >= 4 is 43.2 Å². The fourth-order valence-corrected chi connectivity index (χ4v) is 2.92. The van der Waals surface area contributed by atoms with Crippen LogP contribution in [-0.2, 0) is 18.0 Å². The van der Waals surface area contributed by atoms with Crippen molar-refractivity contribution in [3.63, 3.8) is 0 Å². The summed E-state index contributed by atoms with van der Waals surface area (Å²) in [5.74, 6) is 0. The van der Waals surface area contributed by atoms with Crippen LogP contribution in [0.3, 0.4) is 0 Å². The van der Waals surface area contributed by atoms with Crippen LogP contribution in [0.25, 0.3) is 0 Å². The number of ether oxygens (including phenoxy) is 1. The van der Waals surface area contributed by atoms with Crippen LogP contribution in [0.5, 0.6) is 0 Å². The van der Waals surface area contributed by atoms with E-state index in [0.717, 1.165) is 0 Å². The lowest BCUT2D eigenvalue weighted by Crippen LogP contribution is -2.02. The van der Waals surface area contributed by atoms with Gasteiger partial charge in [0, 0.05) is 21.1 Å². The Morgan fingerprint density at radius 2 is 1.22 bits per heavy atom. The summed E-state index contributed by atoms with van der Waals surface area (Å²) in [5.41, 5.74) is 0.626. The van der Waals surface area contributed by atoms with Gasteiger partial charge >= 0.3 is 0 Å². The molecule has 0 aliphatic heterocycles. The zero-order valence-corrected chi connectivity index (χ0v) is 14.7. The van der Waals surface area contributed by atoms with Gasteiger partial charge in [-0.3, -0.25) is 20.2 Å². The molecule has 0 saturated carbocycles. The number of nitrogens with zero attached hydrogens (tertiary/aromatic N) is 2. The highest BCUT2D eigenvalue weighted by atomic mass is 79.9. The van der Waals surface area contributed by atoms with Gasteiger partial charge in [-0.2, -0.15) is 0 Å². The molecule has 2 aromatic carbocycles. The van der Waals surface area contributed by atoms with Gasteiger partial charge < -0.3 is 4.74 Å². The maximum Gasteiger partial charge on any atom is 0.276 e. The minimum Gasteiger partial charge on any atom is -0.371 e. The number of benzene rings is 2. The first-order valence-corrected chi connectivity index (χ1v) is 7.91. The third kappa shape index (κ3) is 4.12. The quantitative estimate of drug-likeness (QED) is 0.472. The van der Waals surface area contributed by atoms with E-state index in [1.165, 1.54) is 12.1 Å². The first-order chi connectivity index (χ1) is 10.9. The molecule has 0 amide bonds. The van der Waals surface area contributed by atoms with Gasteiger partial charge in [0.15, 0.2) is 0 Å². The smallest absolute Gasteiger partial charge is 0.276 e. The Hall–Kier alpha value is -1.84. The van der Waals surface area contributed by atoms with Crippen LogP contribution < -0.4 is 0 Å². The highest BCUT2D eigenvalue weighted by Gasteiger charge is 2.19. The lowest BCUT2D eigenvalue weighted by Gasteiger charge is -2.09. The summed E-state index contributed by atoms with van der Waals surface area (Å²) in [6.45, 7) is -0.0908. The average molecular weight is 446 g/mol. The second-order valence-electron chi connectivity index (χ2n) is 4.48. The summed E-state index contributed by atoms with van der Waals surface area (Å²) in [5, 5.41) is 22.1. The summed E-state index contributed by atoms with van der Waals surface area (Å²) in [6, 6.07) is 9.22. The van der Waals surface area contributed by atoms with Gasteiger partial charge in [0.1, 0.15) is 0 Å². The summed E-state index contributed by atoms with van der Waals surface area (Å²) in [6.07, 6.45) is 0. The Balaban J connectivity index is 2.19. The standard InChI is InChI=1S/C14H10Br2N2O5/c15-11-3-1-5-13(17(19)20)9(11)7-23-8-10-12(16)4-2-6-14(10)18(21)22/h1-6H,7-8H2. The lowest BCUT2D eigenvalue weighted by atomic mass is 10.2. The van der Waals surface area contributed by atoms with Gasteiger partial charge in [0.2, 0.25) is 0 Å². The second kappa shape index (κ2) is 7.62. The minimum absolute atomic E-state index is 0.0454. The van der Waals surface area contributed by atoms with Gasteiger partial charge in [-0.1, -0.05) is 44.0 Å². The zero-order valence-electron chi connectivity index (χ0n) is 11.6. The van der Waals surface area contributed by atoms with Crippen molar-refractivity contribution < 1.29 is 14.6 Å². The van der Waals surface area contributed by atoms with Crippen molar-refractivity contribution in [2.24, 2.45) is 0 Å². The molecule has 0 unspecified atom stereocenters. The molecule has 0 saturated heterocycles. The molecule has 0 fully saturated rings. The third-order valence-corrected chi connectivity index (χ3v) is 4.56. The second-order valence-corrected chi connectivity index (χ2v) is 6.19. The number of halogens is 2. The van der Waals surface area contributed by atoms with Gasteiger partial charge in [0.25, 0.3) is 11.4 Å². The Morgan fingerprint density at radius 1 is 0.826 bits per heavy atom. The highest BCUT2D eigenvalue weighted by Crippen LogP contribution is 2.30. The third-order valence-electron chi connectivity index (χ3n) is 3.07. The summed E-state index contributed by atoms with van der Waals surface area (Å²) in [4.78, 5) is 21.1. The van der Waals surface area contributed by atoms with Crippen LogP contribution in [0.2, 0.25) is 0 Å². The summed E-state index contributed by atoms with van der Waals surface area (Å²) in [7, 11) is 0. The fourth-order valence-electron chi connectivity index (χ4n) is 1.98. The molecule has 0 aliphatic rings. The summed E-state index contributed by atoms with van der Waals surface area (Å²) < 4.78 is 6.58. The van der Waals surface area contributed by atoms with E-state index in [1.807, 2.05) is 0 Å². The number of hydrogen-bond acceptors (Lipinski definition) is 5. The largest absolute Gasteiger partial charge is 0.371 e. The lowest BCUT2D eigenvalue weighted by molar-refractivity contribution is -0.386. The molecule has 2 aromatic rings. The van der Waals surface area contributed by atoms with Crippen molar-refractivity contribution in [3.8, 4) is 0 Å². The van der Waals surface area contributed by atoms with E-state index in [2.05, 4.69) is 31.9 Å². The van der Waals surface area contributed by atoms with E-state index >= 15 is 0 Å². The normalized spacial score (nSPS) is 10.5. The van der Waals surface area contributed by atoms with E-state index < -0.39 is 9.85 Å². The van der Waals surface area contributed by atoms with Crippen molar-refractivity contribution in [1.82, 2.24) is 0 Å². The SMILES string of the molecule is O=[N+]([O-])c1cccc(Br)c1COCc1c(Br)cccc1[N+](=O)[O-]. The number of nitro benzene ring substituents is 2. The minimum atomic E-state index is -0.496. The van der Waals surface area contributed by atoms with Crippen LogP contribution in [-0.4, -0.2) is 9.85 Å². The number of hydrogen-bond donors (Lipinski definition) is 0. The first kappa shape index (κ1) is 17.5. The highest BCUT2D eigenvalue weighted by molar-refractivity contribution is 9.10. The molecule has 9 heteroatoms. The van der Waals surface area contributed by atoms with Crippen molar-refractivity contribution in [3.05, 3.63) is 76.7 Å². The van der Waals surface area contributed by atoms with E-state index in [0.29, 0.717) is 20.1 Å². The molecule has 0 atom stereocenters. The molecule has 0 N–H and O–H groups in total. The topological polar surface area (TPSA) is 95.5 Å². The van der Waals surface area contributed by atoms with Gasteiger partial charge in [-0.05, 0) is 12.1 Å². The maximum absolute atomic E-state index is 11.0. The molecular formula is C14H10Br2N2O5. The maximum atomic E-state index is 11.0. The summed E-state index contributed by atoms with van der Waals surface area (Å²) >= 11 is 6.50. The van der Waals surface area contributed by atoms with Crippen LogP contribution >= 0.6 is 31.9 Å². The molecule has 0 radical (unpaired) electrons. The van der Waals surface area contributed by atoms with Crippen molar-refractivity contribution in [2.75, 3.05) is 0 Å². The zero-order chi connectivity index (χ0) is 17.0. The van der Waals surface area contributed by atoms with Gasteiger partial charge in [0.05, 0.1) is 34.2 Å². The van der Waals surface area contributed by atoms with Crippen molar-refractivity contribution in [1.29, 1.82) is 0 Å². The van der Waals surface area contributed by atoms with E-state index in [-0.39, 0.29) is 24.6 Å². The number of nitro groups is 2. The van der Waals surface area contributed by atoms with Gasteiger partial charge in [-0.25, -0.2) is 0 Å². The van der Waals surface area contributed by atoms with Crippen LogP contribution in [0.15, 0.2) is 45.3 Å². The van der Waals surface area contributed by atoms with Crippen LogP contribution in [0, 0.1) is 20.2 Å². The molecule has 0 aromatic heterocycles. The Kier molecular flexibility index (Phi) is 5.80. The van der Waals surface area contributed by atoms with Crippen molar-refractivity contribution in [2.45, 2.75) is 13.2 Å². The Labute approximate surface area is 147 Å². The first-order valence-electron chi connectivity index (χ1n) is 6.33. The van der Waals surface area contributed by atoms with Crippen LogP contribution in [0.4, 0.5) is 11.4 Å². The van der Waals surface area contributed by atoms with E-state index in [1.54, 1.807) is 24.3 Å². The molecule has 0 spiro atoms. The molecule has 2 rings (SSSR count). The monoisotopic (exact) mass is 444 g/mol. The molecule has 120 valence electrons. The molecule has 0 aliphatic carbocycles. The predicted molar refractivity (Wildman–Crippen MR) is 90.1 cm³/mol. The molecule has 0 bridgehead atoms. The molecule has 7 nitrogen and oxygen atoms in total.